The van der Waals surface area contributed by atoms with Crippen molar-refractivity contribution in [1.29, 1.82) is 0 Å². The summed E-state index contributed by atoms with van der Waals surface area (Å²) < 4.78 is 36.5. The Morgan fingerprint density at radius 1 is 1.18 bits per heavy atom. The Labute approximate surface area is 192 Å². The normalized spacial score (nSPS) is 30.9. The van der Waals surface area contributed by atoms with Gasteiger partial charge in [0.2, 0.25) is 0 Å². The summed E-state index contributed by atoms with van der Waals surface area (Å²) in [6.45, 7) is 0. The number of pyridine rings is 1. The summed E-state index contributed by atoms with van der Waals surface area (Å²) in [6, 6.07) is 8.16. The van der Waals surface area contributed by atoms with Crippen molar-refractivity contribution in [2.45, 2.75) is 43.1 Å². The van der Waals surface area contributed by atoms with E-state index >= 15 is 4.39 Å². The quantitative estimate of drug-likeness (QED) is 0.357. The molecular weight excluding hydrogens is 446 g/mol. The van der Waals surface area contributed by atoms with Crippen LogP contribution in [0.1, 0.15) is 18.2 Å². The van der Waals surface area contributed by atoms with Crippen molar-refractivity contribution >= 4 is 33.6 Å². The molecule has 1 saturated carbocycles. The van der Waals surface area contributed by atoms with E-state index in [9.17, 15) is 14.6 Å². The van der Waals surface area contributed by atoms with Crippen LogP contribution in [0.15, 0.2) is 42.9 Å². The van der Waals surface area contributed by atoms with Gasteiger partial charge in [0.15, 0.2) is 17.9 Å². The molecule has 1 aromatic carbocycles. The molecule has 1 aliphatic carbocycles. The maximum Gasteiger partial charge on any atom is 0.165 e. The highest BCUT2D eigenvalue weighted by Crippen LogP contribution is 2.51. The molecule has 6 atom stereocenters. The Kier molecular flexibility index (Phi) is 4.54. The van der Waals surface area contributed by atoms with Gasteiger partial charge in [0.25, 0.3) is 0 Å². The van der Waals surface area contributed by atoms with Crippen molar-refractivity contribution in [2.24, 2.45) is 5.92 Å². The number of rotatable bonds is 3. The van der Waals surface area contributed by atoms with Crippen molar-refractivity contribution in [3.05, 3.63) is 54.2 Å². The zero-order chi connectivity index (χ0) is 23.8. The van der Waals surface area contributed by atoms with Crippen molar-refractivity contribution in [1.82, 2.24) is 19.5 Å². The number of alkyl halides is 1. The number of hydrogen-bond donors (Lipinski definition) is 4. The third-order valence-corrected chi connectivity index (χ3v) is 7.08. The first-order valence-corrected chi connectivity index (χ1v) is 10.9. The molecule has 2 aliphatic rings. The van der Waals surface area contributed by atoms with E-state index in [0.717, 1.165) is 5.56 Å². The SMILES string of the molecule is Nc1nc2cc(C[C@H]3[C@H]4O[C@@H](n5ccc6c(N)ncnc65)[C@H](O)[C@@]4(O)C[C@@H]3F)ccc2cc1F. The van der Waals surface area contributed by atoms with Gasteiger partial charge >= 0.3 is 0 Å². The molecule has 0 unspecified atom stereocenters. The summed E-state index contributed by atoms with van der Waals surface area (Å²) in [5.74, 6) is -1.26. The van der Waals surface area contributed by atoms with Crippen LogP contribution in [-0.4, -0.2) is 53.7 Å². The number of aromatic nitrogens is 4. The molecule has 11 heteroatoms. The summed E-state index contributed by atoms with van der Waals surface area (Å²) in [4.78, 5) is 12.2. The van der Waals surface area contributed by atoms with E-state index in [1.54, 1.807) is 35.0 Å². The van der Waals surface area contributed by atoms with Crippen molar-refractivity contribution < 1.29 is 23.7 Å². The van der Waals surface area contributed by atoms with Gasteiger partial charge in [-0.25, -0.2) is 23.7 Å². The van der Waals surface area contributed by atoms with E-state index in [0.29, 0.717) is 21.9 Å². The van der Waals surface area contributed by atoms with Gasteiger partial charge in [0, 0.05) is 23.9 Å². The van der Waals surface area contributed by atoms with E-state index in [-0.39, 0.29) is 24.5 Å². The third-order valence-electron chi connectivity index (χ3n) is 7.08. The van der Waals surface area contributed by atoms with E-state index in [2.05, 4.69) is 15.0 Å². The summed E-state index contributed by atoms with van der Waals surface area (Å²) in [6.07, 6.45) is -1.80. The monoisotopic (exact) mass is 468 g/mol. The number of aliphatic hydroxyl groups excluding tert-OH is 1. The predicted octanol–water partition coefficient (Wildman–Crippen LogP) is 1.87. The average molecular weight is 468 g/mol. The number of nitrogens with two attached hydrogens (primary N) is 2. The fraction of sp³-hybridized carbons (Fsp3) is 0.348. The van der Waals surface area contributed by atoms with Gasteiger partial charge in [-0.3, -0.25) is 0 Å². The van der Waals surface area contributed by atoms with Crippen LogP contribution in [0, 0.1) is 11.7 Å². The lowest BCUT2D eigenvalue weighted by Gasteiger charge is -2.25. The largest absolute Gasteiger partial charge is 0.385 e. The fourth-order valence-electron chi connectivity index (χ4n) is 5.37. The minimum Gasteiger partial charge on any atom is -0.385 e. The summed E-state index contributed by atoms with van der Waals surface area (Å²) in [7, 11) is 0. The van der Waals surface area contributed by atoms with Crippen LogP contribution >= 0.6 is 0 Å². The van der Waals surface area contributed by atoms with E-state index < -0.39 is 41.9 Å². The Morgan fingerprint density at radius 2 is 2.00 bits per heavy atom. The maximum absolute atomic E-state index is 15.1. The predicted molar refractivity (Wildman–Crippen MR) is 120 cm³/mol. The molecule has 0 bridgehead atoms. The average Bonchev–Trinajstić information content (AvgIpc) is 3.40. The molecule has 6 rings (SSSR count). The second-order valence-electron chi connectivity index (χ2n) is 9.07. The zero-order valence-electron chi connectivity index (χ0n) is 17.8. The van der Waals surface area contributed by atoms with Crippen LogP contribution in [0.2, 0.25) is 0 Å². The Bertz CT molecular complexity index is 1430. The number of benzene rings is 1. The maximum atomic E-state index is 15.1. The second kappa shape index (κ2) is 7.29. The highest BCUT2D eigenvalue weighted by molar-refractivity contribution is 5.86. The molecule has 1 saturated heterocycles. The highest BCUT2D eigenvalue weighted by atomic mass is 19.1. The van der Waals surface area contributed by atoms with Crippen molar-refractivity contribution in [3.63, 3.8) is 0 Å². The van der Waals surface area contributed by atoms with Gasteiger partial charge in [-0.2, -0.15) is 0 Å². The standard InChI is InChI=1S/C23H22F2N6O3/c24-14-7-11-2-1-10(6-16(11)30-20(14)27)5-13-15(25)8-23(33)17(32)22(34-18(13)23)31-4-3-12-19(26)28-9-29-21(12)31/h1-4,6-7,9,13,15,17-18,22,32-33H,5,8H2,(H2,27,30)(H2,26,28,29)/t13-,15+,17+,18-,22-,23+/m1/s1. The Hall–Kier alpha value is -3.41. The zero-order valence-corrected chi connectivity index (χ0v) is 17.8. The smallest absolute Gasteiger partial charge is 0.165 e. The van der Waals surface area contributed by atoms with Crippen LogP contribution in [0.25, 0.3) is 21.9 Å². The van der Waals surface area contributed by atoms with Gasteiger partial charge in [-0.1, -0.05) is 12.1 Å². The Morgan fingerprint density at radius 3 is 2.82 bits per heavy atom. The third kappa shape index (κ3) is 2.97. The van der Waals surface area contributed by atoms with E-state index in [1.807, 2.05) is 0 Å². The number of fused-ring (bicyclic) bond motifs is 3. The molecule has 176 valence electrons. The first kappa shape index (κ1) is 21.1. The van der Waals surface area contributed by atoms with Crippen LogP contribution in [0.3, 0.4) is 0 Å². The second-order valence-corrected chi connectivity index (χ2v) is 9.07. The van der Waals surface area contributed by atoms with Gasteiger partial charge in [-0.15, -0.1) is 0 Å². The molecule has 4 aromatic rings. The Balaban J connectivity index is 1.32. The number of ether oxygens (including phenoxy) is 1. The molecule has 9 nitrogen and oxygen atoms in total. The lowest BCUT2D eigenvalue weighted by molar-refractivity contribution is -0.0685. The minimum absolute atomic E-state index is 0.211. The molecule has 4 heterocycles. The lowest BCUT2D eigenvalue weighted by Crippen LogP contribution is -2.45. The molecule has 6 N–H and O–H groups in total. The van der Waals surface area contributed by atoms with Crippen molar-refractivity contribution in [3.8, 4) is 0 Å². The van der Waals surface area contributed by atoms with Gasteiger partial charge in [-0.05, 0) is 30.2 Å². The fourth-order valence-corrected chi connectivity index (χ4v) is 5.37. The van der Waals surface area contributed by atoms with Crippen LogP contribution in [0.4, 0.5) is 20.4 Å². The molecule has 0 spiro atoms. The summed E-state index contributed by atoms with van der Waals surface area (Å²) in [5.41, 5.74) is 11.4. The minimum atomic E-state index is -1.77. The topological polar surface area (TPSA) is 145 Å². The number of nitrogens with zero attached hydrogens (tertiary/aromatic N) is 4. The molecule has 0 amide bonds. The van der Waals surface area contributed by atoms with E-state index in [4.69, 9.17) is 16.2 Å². The summed E-state index contributed by atoms with van der Waals surface area (Å²) >= 11 is 0. The van der Waals surface area contributed by atoms with Crippen LogP contribution in [0.5, 0.6) is 0 Å². The number of anilines is 2. The molecule has 1 aliphatic heterocycles. The number of nitrogen functional groups attached to an aromatic ring is 2. The number of halogens is 2. The van der Waals surface area contributed by atoms with Crippen LogP contribution < -0.4 is 11.5 Å². The van der Waals surface area contributed by atoms with E-state index in [1.165, 1.54) is 12.4 Å². The molecule has 3 aromatic heterocycles. The summed E-state index contributed by atoms with van der Waals surface area (Å²) in [5, 5.41) is 23.5. The van der Waals surface area contributed by atoms with Gasteiger partial charge < -0.3 is 31.0 Å². The first-order chi connectivity index (χ1) is 16.3. The lowest BCUT2D eigenvalue weighted by atomic mass is 9.89. The van der Waals surface area contributed by atoms with Crippen molar-refractivity contribution in [2.75, 3.05) is 11.5 Å². The van der Waals surface area contributed by atoms with Crippen LogP contribution in [-0.2, 0) is 11.2 Å². The molecule has 0 radical (unpaired) electrons. The number of aliphatic hydroxyl groups is 2. The molecule has 2 fully saturated rings. The molecule has 34 heavy (non-hydrogen) atoms. The van der Waals surface area contributed by atoms with Gasteiger partial charge in [0.05, 0.1) is 17.0 Å². The number of hydrogen-bond acceptors (Lipinski definition) is 8. The van der Waals surface area contributed by atoms with Gasteiger partial charge in [0.1, 0.15) is 35.7 Å². The first-order valence-electron chi connectivity index (χ1n) is 10.9. The molecular formula is C23H22F2N6O3. The highest BCUT2D eigenvalue weighted by Gasteiger charge is 2.65.